The number of carbonyl (C=O) groups excluding carboxylic acids is 1. The number of nitrogens with zero attached hydrogens (tertiary/aromatic N) is 4. The molecule has 1 aromatic rings. The van der Waals surface area contributed by atoms with E-state index in [4.69, 9.17) is 10.5 Å². The van der Waals surface area contributed by atoms with Gasteiger partial charge in [-0.15, -0.1) is 0 Å². The Morgan fingerprint density at radius 3 is 2.81 bits per heavy atom. The second-order valence-corrected chi connectivity index (χ2v) is 9.60. The number of carbonyl (C=O) groups is 1. The summed E-state index contributed by atoms with van der Waals surface area (Å²) in [7, 11) is 0. The third kappa shape index (κ3) is 6.79. The molecule has 0 radical (unpaired) electrons. The SMILES string of the molecule is CCCCOc1nc(N)c2c(n1)N(CCCCC1CCCN(CCC(C)C)C1)C(=O)C2. The highest BCUT2D eigenvalue weighted by molar-refractivity contribution is 6.01. The van der Waals surface area contributed by atoms with E-state index in [1.807, 2.05) is 0 Å². The van der Waals surface area contributed by atoms with E-state index in [1.54, 1.807) is 4.90 Å². The van der Waals surface area contributed by atoms with E-state index < -0.39 is 0 Å². The zero-order chi connectivity index (χ0) is 22.2. The Morgan fingerprint density at radius 1 is 1.19 bits per heavy atom. The molecule has 7 heteroatoms. The maximum atomic E-state index is 12.6. The number of amides is 1. The van der Waals surface area contributed by atoms with Crippen LogP contribution in [0.5, 0.6) is 6.01 Å². The minimum absolute atomic E-state index is 0.0687. The molecule has 1 amide bonds. The number of anilines is 2. The number of ether oxygens (including phenoxy) is 1. The predicted molar refractivity (Wildman–Crippen MR) is 125 cm³/mol. The molecule has 0 bridgehead atoms. The third-order valence-electron chi connectivity index (χ3n) is 6.48. The van der Waals surface area contributed by atoms with Gasteiger partial charge in [-0.05, 0) is 63.5 Å². The van der Waals surface area contributed by atoms with Crippen molar-refractivity contribution < 1.29 is 9.53 Å². The molecule has 1 fully saturated rings. The van der Waals surface area contributed by atoms with E-state index in [0.717, 1.165) is 43.1 Å². The van der Waals surface area contributed by atoms with Gasteiger partial charge in [0.1, 0.15) is 11.6 Å². The molecule has 1 atom stereocenters. The van der Waals surface area contributed by atoms with Crippen molar-refractivity contribution in [1.82, 2.24) is 14.9 Å². The van der Waals surface area contributed by atoms with Gasteiger partial charge in [0.2, 0.25) is 5.91 Å². The maximum Gasteiger partial charge on any atom is 0.320 e. The predicted octanol–water partition coefficient (Wildman–Crippen LogP) is 4.06. The first-order valence-electron chi connectivity index (χ1n) is 12.3. The molecule has 1 unspecified atom stereocenters. The van der Waals surface area contributed by atoms with E-state index in [2.05, 4.69) is 35.6 Å². The number of unbranched alkanes of at least 4 members (excludes halogenated alkanes) is 2. The summed E-state index contributed by atoms with van der Waals surface area (Å²) in [5, 5.41) is 0. The molecule has 31 heavy (non-hydrogen) atoms. The third-order valence-corrected chi connectivity index (χ3v) is 6.48. The smallest absolute Gasteiger partial charge is 0.320 e. The molecule has 2 aliphatic heterocycles. The van der Waals surface area contributed by atoms with Crippen molar-refractivity contribution in [2.24, 2.45) is 11.8 Å². The minimum Gasteiger partial charge on any atom is -0.463 e. The van der Waals surface area contributed by atoms with Crippen molar-refractivity contribution in [2.45, 2.75) is 78.6 Å². The highest BCUT2D eigenvalue weighted by Gasteiger charge is 2.32. The van der Waals surface area contributed by atoms with Crippen LogP contribution in [0.2, 0.25) is 0 Å². The zero-order valence-electron chi connectivity index (χ0n) is 19.7. The van der Waals surface area contributed by atoms with Crippen molar-refractivity contribution >= 4 is 17.5 Å². The number of nitrogen functional groups attached to an aromatic ring is 1. The van der Waals surface area contributed by atoms with Crippen LogP contribution in [0.1, 0.15) is 77.7 Å². The fourth-order valence-electron chi connectivity index (χ4n) is 4.56. The fourth-order valence-corrected chi connectivity index (χ4v) is 4.56. The Balaban J connectivity index is 1.47. The quantitative estimate of drug-likeness (QED) is 0.503. The van der Waals surface area contributed by atoms with Crippen LogP contribution in [0.4, 0.5) is 11.6 Å². The van der Waals surface area contributed by atoms with Gasteiger partial charge >= 0.3 is 6.01 Å². The molecule has 0 spiro atoms. The van der Waals surface area contributed by atoms with Gasteiger partial charge in [0.15, 0.2) is 0 Å². The van der Waals surface area contributed by atoms with Crippen LogP contribution in [-0.4, -0.2) is 53.6 Å². The van der Waals surface area contributed by atoms with Gasteiger partial charge in [-0.3, -0.25) is 9.69 Å². The Labute approximate surface area is 187 Å². The summed E-state index contributed by atoms with van der Waals surface area (Å²) in [6, 6.07) is 0.285. The lowest BCUT2D eigenvalue weighted by Gasteiger charge is -2.33. The summed E-state index contributed by atoms with van der Waals surface area (Å²) in [4.78, 5) is 25.8. The largest absolute Gasteiger partial charge is 0.463 e. The van der Waals surface area contributed by atoms with Crippen molar-refractivity contribution in [3.05, 3.63) is 5.56 Å². The molecule has 0 aliphatic carbocycles. The summed E-state index contributed by atoms with van der Waals surface area (Å²) in [6.07, 6.45) is 9.60. The molecular formula is C24H41N5O2. The van der Waals surface area contributed by atoms with Crippen molar-refractivity contribution in [2.75, 3.05) is 43.4 Å². The van der Waals surface area contributed by atoms with Gasteiger partial charge in [-0.25, -0.2) is 0 Å². The summed E-state index contributed by atoms with van der Waals surface area (Å²) >= 11 is 0. The summed E-state index contributed by atoms with van der Waals surface area (Å²) < 4.78 is 5.64. The zero-order valence-corrected chi connectivity index (χ0v) is 19.7. The van der Waals surface area contributed by atoms with E-state index in [-0.39, 0.29) is 11.9 Å². The van der Waals surface area contributed by atoms with Gasteiger partial charge in [-0.1, -0.05) is 33.6 Å². The molecule has 174 valence electrons. The second-order valence-electron chi connectivity index (χ2n) is 9.60. The first-order chi connectivity index (χ1) is 15.0. The molecule has 3 heterocycles. The molecule has 2 N–H and O–H groups in total. The maximum absolute atomic E-state index is 12.6. The number of hydrogen-bond donors (Lipinski definition) is 1. The number of nitrogens with two attached hydrogens (primary N) is 1. The van der Waals surface area contributed by atoms with Crippen LogP contribution >= 0.6 is 0 Å². The Bertz CT molecular complexity index is 724. The van der Waals surface area contributed by atoms with Gasteiger partial charge in [0, 0.05) is 18.7 Å². The highest BCUT2D eigenvalue weighted by atomic mass is 16.5. The van der Waals surface area contributed by atoms with E-state index in [9.17, 15) is 4.79 Å². The number of piperidine rings is 1. The fraction of sp³-hybridized carbons (Fsp3) is 0.792. The standard InChI is InChI=1S/C24H41N5O2/c1-4-5-15-31-24-26-22(25)20-16-21(30)29(23(20)27-24)13-7-6-9-19-10-8-12-28(17-19)14-11-18(2)3/h18-19H,4-17H2,1-3H3,(H2,25,26,27). The lowest BCUT2D eigenvalue weighted by molar-refractivity contribution is -0.117. The summed E-state index contributed by atoms with van der Waals surface area (Å²) in [5.74, 6) is 2.66. The van der Waals surface area contributed by atoms with Crippen molar-refractivity contribution in [3.8, 4) is 6.01 Å². The molecule has 7 nitrogen and oxygen atoms in total. The van der Waals surface area contributed by atoms with Crippen molar-refractivity contribution in [1.29, 1.82) is 0 Å². The second kappa shape index (κ2) is 11.7. The topological polar surface area (TPSA) is 84.6 Å². The van der Waals surface area contributed by atoms with Crippen molar-refractivity contribution in [3.63, 3.8) is 0 Å². The number of fused-ring (bicyclic) bond motifs is 1. The van der Waals surface area contributed by atoms with Crippen LogP contribution in [0, 0.1) is 11.8 Å². The number of aromatic nitrogens is 2. The van der Waals surface area contributed by atoms with Crippen LogP contribution < -0.4 is 15.4 Å². The monoisotopic (exact) mass is 431 g/mol. The number of hydrogen-bond acceptors (Lipinski definition) is 6. The van der Waals surface area contributed by atoms with Gasteiger partial charge < -0.3 is 15.4 Å². The number of rotatable bonds is 12. The molecule has 2 aliphatic rings. The molecule has 1 saturated heterocycles. The Morgan fingerprint density at radius 2 is 2.03 bits per heavy atom. The average molecular weight is 432 g/mol. The van der Waals surface area contributed by atoms with E-state index in [1.165, 1.54) is 45.3 Å². The molecule has 1 aromatic heterocycles. The van der Waals surface area contributed by atoms with Crippen LogP contribution in [0.3, 0.4) is 0 Å². The Hall–Kier alpha value is -1.89. The van der Waals surface area contributed by atoms with E-state index >= 15 is 0 Å². The normalized spacial score (nSPS) is 19.3. The number of likely N-dealkylation sites (tertiary alicyclic amines) is 1. The summed E-state index contributed by atoms with van der Waals surface area (Å²) in [5.41, 5.74) is 6.85. The van der Waals surface area contributed by atoms with Crippen LogP contribution in [0.25, 0.3) is 0 Å². The first-order valence-corrected chi connectivity index (χ1v) is 12.3. The summed E-state index contributed by atoms with van der Waals surface area (Å²) in [6.45, 7) is 11.7. The lowest BCUT2D eigenvalue weighted by Crippen LogP contribution is -2.36. The lowest BCUT2D eigenvalue weighted by atomic mass is 9.92. The Kier molecular flexibility index (Phi) is 8.93. The van der Waals surface area contributed by atoms with Gasteiger partial charge in [-0.2, -0.15) is 9.97 Å². The molecule has 3 rings (SSSR count). The highest BCUT2D eigenvalue weighted by Crippen LogP contribution is 2.32. The molecule has 0 aromatic carbocycles. The van der Waals surface area contributed by atoms with Gasteiger partial charge in [0.25, 0.3) is 0 Å². The first kappa shape index (κ1) is 23.8. The average Bonchev–Trinajstić information content (AvgIpc) is 3.06. The van der Waals surface area contributed by atoms with Gasteiger partial charge in [0.05, 0.1) is 13.0 Å². The molecule has 0 saturated carbocycles. The molecular weight excluding hydrogens is 390 g/mol. The van der Waals surface area contributed by atoms with Crippen LogP contribution in [-0.2, 0) is 11.2 Å². The van der Waals surface area contributed by atoms with E-state index in [0.29, 0.717) is 31.2 Å². The minimum atomic E-state index is 0.0687. The van der Waals surface area contributed by atoms with Crippen LogP contribution in [0.15, 0.2) is 0 Å².